The number of carbonyl (C=O) groups is 2. The summed E-state index contributed by atoms with van der Waals surface area (Å²) < 4.78 is 1.26. The van der Waals surface area contributed by atoms with Crippen molar-refractivity contribution in [2.24, 2.45) is 7.05 Å². The molecule has 0 atom stereocenters. The quantitative estimate of drug-likeness (QED) is 0.538. The number of H-pyrrole nitrogens is 1. The predicted molar refractivity (Wildman–Crippen MR) is 81.6 cm³/mol. The molecular weight excluding hydrogens is 280 g/mol. The molecule has 1 aromatic carbocycles. The van der Waals surface area contributed by atoms with Gasteiger partial charge in [0.05, 0.1) is 16.8 Å². The molecule has 1 aliphatic carbocycles. The van der Waals surface area contributed by atoms with Crippen molar-refractivity contribution in [3.63, 3.8) is 0 Å². The van der Waals surface area contributed by atoms with Gasteiger partial charge >= 0.3 is 0 Å². The van der Waals surface area contributed by atoms with Gasteiger partial charge in [-0.15, -0.1) is 0 Å². The Hall–Kier alpha value is -2.95. The minimum atomic E-state index is -0.291. The Morgan fingerprint density at radius 1 is 1.00 bits per heavy atom. The van der Waals surface area contributed by atoms with Crippen LogP contribution in [-0.4, -0.2) is 21.1 Å². The van der Waals surface area contributed by atoms with Crippen LogP contribution in [0.4, 0.5) is 0 Å². The molecule has 2 aromatic heterocycles. The summed E-state index contributed by atoms with van der Waals surface area (Å²) in [6, 6.07) is 8.67. The third kappa shape index (κ3) is 1.40. The van der Waals surface area contributed by atoms with Crippen LogP contribution in [0.2, 0.25) is 0 Å². The van der Waals surface area contributed by atoms with Crippen LogP contribution in [0, 0.1) is 6.92 Å². The molecular formula is C17H12N2O3. The van der Waals surface area contributed by atoms with Crippen LogP contribution in [0.25, 0.3) is 10.9 Å². The van der Waals surface area contributed by atoms with Crippen LogP contribution in [0.5, 0.6) is 0 Å². The van der Waals surface area contributed by atoms with E-state index in [1.165, 1.54) is 17.7 Å². The van der Waals surface area contributed by atoms with Crippen LogP contribution >= 0.6 is 0 Å². The second kappa shape index (κ2) is 4.04. The predicted octanol–water partition coefficient (Wildman–Crippen LogP) is 1.95. The zero-order valence-corrected chi connectivity index (χ0v) is 12.1. The van der Waals surface area contributed by atoms with Gasteiger partial charge in [0.2, 0.25) is 11.6 Å². The van der Waals surface area contributed by atoms with Gasteiger partial charge < -0.3 is 9.55 Å². The van der Waals surface area contributed by atoms with E-state index in [1.54, 1.807) is 13.0 Å². The van der Waals surface area contributed by atoms with Crippen molar-refractivity contribution in [1.29, 1.82) is 0 Å². The van der Waals surface area contributed by atoms with Crippen molar-refractivity contribution < 1.29 is 9.59 Å². The van der Waals surface area contributed by atoms with Gasteiger partial charge in [-0.3, -0.25) is 14.4 Å². The molecule has 0 bridgehead atoms. The second-order valence-electron chi connectivity index (χ2n) is 5.53. The molecule has 0 aliphatic heterocycles. The highest BCUT2D eigenvalue weighted by Crippen LogP contribution is 2.32. The van der Waals surface area contributed by atoms with Gasteiger partial charge in [-0.25, -0.2) is 0 Å². The van der Waals surface area contributed by atoms with Crippen molar-refractivity contribution >= 4 is 22.5 Å². The lowest BCUT2D eigenvalue weighted by molar-refractivity contribution is 0.0970. The summed E-state index contributed by atoms with van der Waals surface area (Å²) in [5.41, 5.74) is 2.12. The van der Waals surface area contributed by atoms with Crippen molar-refractivity contribution in [3.8, 4) is 0 Å². The first-order valence-corrected chi connectivity index (χ1v) is 6.91. The maximum atomic E-state index is 12.9. The number of para-hydroxylation sites is 1. The first-order valence-electron chi connectivity index (χ1n) is 6.91. The third-order valence-electron chi connectivity index (χ3n) is 4.24. The summed E-state index contributed by atoms with van der Waals surface area (Å²) in [6.07, 6.45) is 0. The number of benzene rings is 1. The summed E-state index contributed by atoms with van der Waals surface area (Å²) in [4.78, 5) is 40.7. The van der Waals surface area contributed by atoms with Crippen molar-refractivity contribution in [1.82, 2.24) is 9.55 Å². The lowest BCUT2D eigenvalue weighted by atomic mass is 9.87. The molecule has 4 rings (SSSR count). The van der Waals surface area contributed by atoms with E-state index in [2.05, 4.69) is 4.98 Å². The number of hydrogen-bond donors (Lipinski definition) is 1. The van der Waals surface area contributed by atoms with E-state index in [9.17, 15) is 14.4 Å². The molecule has 0 saturated heterocycles. The number of aryl methyl sites for hydroxylation is 1. The summed E-state index contributed by atoms with van der Waals surface area (Å²) in [6.45, 7) is 1.68. The van der Waals surface area contributed by atoms with Crippen LogP contribution < -0.4 is 5.56 Å². The fraction of sp³-hybridized carbons (Fsp3) is 0.118. The number of hydrogen-bond acceptors (Lipinski definition) is 3. The molecule has 0 unspecified atom stereocenters. The van der Waals surface area contributed by atoms with E-state index in [4.69, 9.17) is 0 Å². The number of carbonyl (C=O) groups excluding carboxylic acids is 2. The van der Waals surface area contributed by atoms with Gasteiger partial charge in [0.25, 0.3) is 5.56 Å². The summed E-state index contributed by atoms with van der Waals surface area (Å²) in [7, 11) is 1.52. The Bertz CT molecular complexity index is 1050. The number of ketones is 2. The summed E-state index contributed by atoms with van der Waals surface area (Å²) in [5.74, 6) is -0.528. The lowest BCUT2D eigenvalue weighted by Crippen LogP contribution is -2.31. The molecule has 1 N–H and O–H groups in total. The Kier molecular flexibility index (Phi) is 2.34. The largest absolute Gasteiger partial charge is 0.351 e. The average Bonchev–Trinajstić information content (AvgIpc) is 2.88. The normalized spacial score (nSPS) is 13.4. The Labute approximate surface area is 125 Å². The van der Waals surface area contributed by atoms with Crippen LogP contribution in [0.1, 0.15) is 37.7 Å². The first kappa shape index (κ1) is 12.8. The lowest BCUT2D eigenvalue weighted by Gasteiger charge is -2.19. The molecule has 108 valence electrons. The van der Waals surface area contributed by atoms with Gasteiger partial charge in [0.15, 0.2) is 0 Å². The standard InChI is InChI=1S/C17H12N2O3/c1-8-7-11(20)19(2)15-12(8)16(21)14-13(17(15)22)9-5-3-4-6-10(9)18-14/h3-7,18H,1-2H3. The summed E-state index contributed by atoms with van der Waals surface area (Å²) >= 11 is 0. The van der Waals surface area contributed by atoms with Crippen LogP contribution in [-0.2, 0) is 7.05 Å². The highest BCUT2D eigenvalue weighted by molar-refractivity contribution is 6.31. The number of nitrogens with one attached hydrogen (secondary N) is 1. The minimum Gasteiger partial charge on any atom is -0.351 e. The molecule has 0 spiro atoms. The highest BCUT2D eigenvalue weighted by atomic mass is 16.1. The summed E-state index contributed by atoms with van der Waals surface area (Å²) in [5, 5.41) is 0.704. The smallest absolute Gasteiger partial charge is 0.251 e. The molecule has 1 aliphatic rings. The van der Waals surface area contributed by atoms with E-state index >= 15 is 0 Å². The Morgan fingerprint density at radius 2 is 1.73 bits per heavy atom. The fourth-order valence-electron chi connectivity index (χ4n) is 3.16. The topological polar surface area (TPSA) is 71.9 Å². The Morgan fingerprint density at radius 3 is 2.50 bits per heavy atom. The molecule has 5 nitrogen and oxygen atoms in total. The van der Waals surface area contributed by atoms with Gasteiger partial charge in [0, 0.05) is 24.0 Å². The van der Waals surface area contributed by atoms with Gasteiger partial charge in [-0.2, -0.15) is 0 Å². The number of pyridine rings is 1. The number of rotatable bonds is 0. The maximum absolute atomic E-state index is 12.9. The van der Waals surface area contributed by atoms with Crippen molar-refractivity contribution in [3.05, 3.63) is 68.8 Å². The fourth-order valence-corrected chi connectivity index (χ4v) is 3.16. The number of aromatic amines is 1. The monoisotopic (exact) mass is 292 g/mol. The van der Waals surface area contributed by atoms with Gasteiger partial charge in [-0.05, 0) is 18.6 Å². The van der Waals surface area contributed by atoms with E-state index in [-0.39, 0.29) is 22.8 Å². The van der Waals surface area contributed by atoms with Crippen LogP contribution in [0.15, 0.2) is 35.1 Å². The Balaban J connectivity index is 2.18. The molecule has 0 fully saturated rings. The molecule has 22 heavy (non-hydrogen) atoms. The molecule has 3 aromatic rings. The van der Waals surface area contributed by atoms with E-state index in [1.807, 2.05) is 18.2 Å². The molecule has 0 amide bonds. The number of fused-ring (bicyclic) bond motifs is 4. The van der Waals surface area contributed by atoms with Gasteiger partial charge in [-0.1, -0.05) is 18.2 Å². The SMILES string of the molecule is Cc1cc(=O)n(C)c2c1C(=O)c1[nH]c3ccccc3c1C2=O. The number of aromatic nitrogens is 2. The zero-order valence-electron chi connectivity index (χ0n) is 12.1. The van der Waals surface area contributed by atoms with Crippen molar-refractivity contribution in [2.75, 3.05) is 0 Å². The maximum Gasteiger partial charge on any atom is 0.251 e. The van der Waals surface area contributed by atoms with Crippen molar-refractivity contribution in [2.45, 2.75) is 6.92 Å². The zero-order chi connectivity index (χ0) is 15.6. The van der Waals surface area contributed by atoms with E-state index in [0.29, 0.717) is 27.8 Å². The third-order valence-corrected chi connectivity index (χ3v) is 4.24. The highest BCUT2D eigenvalue weighted by Gasteiger charge is 2.36. The molecule has 0 saturated carbocycles. The molecule has 2 heterocycles. The average molecular weight is 292 g/mol. The molecule has 5 heteroatoms. The molecule has 0 radical (unpaired) electrons. The minimum absolute atomic E-state index is 0.173. The first-order chi connectivity index (χ1) is 10.5. The van der Waals surface area contributed by atoms with Crippen LogP contribution in [0.3, 0.4) is 0 Å². The van der Waals surface area contributed by atoms with E-state index < -0.39 is 0 Å². The van der Waals surface area contributed by atoms with E-state index in [0.717, 1.165) is 5.52 Å². The second-order valence-corrected chi connectivity index (χ2v) is 5.53. The van der Waals surface area contributed by atoms with Gasteiger partial charge in [0.1, 0.15) is 5.69 Å². The number of nitrogens with zero attached hydrogens (tertiary/aromatic N) is 1.